The van der Waals surface area contributed by atoms with Gasteiger partial charge in [-0.15, -0.1) is 0 Å². The minimum atomic E-state index is -0.206. The van der Waals surface area contributed by atoms with Crippen molar-refractivity contribution in [3.8, 4) is 5.75 Å². The van der Waals surface area contributed by atoms with E-state index in [1.165, 1.54) is 5.56 Å². The number of hydrogen-bond donors (Lipinski definition) is 1. The molecule has 0 spiro atoms. The molecule has 0 amide bonds. The van der Waals surface area contributed by atoms with E-state index in [1.807, 2.05) is 0 Å². The van der Waals surface area contributed by atoms with E-state index in [-0.39, 0.29) is 11.4 Å². The predicted octanol–water partition coefficient (Wildman–Crippen LogP) is 2.39. The number of benzene rings is 1. The van der Waals surface area contributed by atoms with Crippen LogP contribution < -0.4 is 10.1 Å². The maximum atomic E-state index is 11.4. The lowest BCUT2D eigenvalue weighted by Gasteiger charge is -2.38. The zero-order valence-electron chi connectivity index (χ0n) is 15.3. The zero-order valence-corrected chi connectivity index (χ0v) is 15.3. The first kappa shape index (κ1) is 18.4. The fraction of sp³-hybridized carbons (Fsp3) is 0.650. The summed E-state index contributed by atoms with van der Waals surface area (Å²) in [5.74, 6) is 1.15. The van der Waals surface area contributed by atoms with E-state index in [4.69, 9.17) is 9.47 Å². The van der Waals surface area contributed by atoms with Crippen LogP contribution >= 0.6 is 0 Å². The molecular formula is C20H30N2O3. The van der Waals surface area contributed by atoms with Crippen LogP contribution in [0.5, 0.6) is 5.75 Å². The quantitative estimate of drug-likeness (QED) is 0.821. The highest BCUT2D eigenvalue weighted by Gasteiger charge is 2.34. The Bertz CT molecular complexity index is 547. The topological polar surface area (TPSA) is 50.8 Å². The van der Waals surface area contributed by atoms with E-state index in [1.54, 1.807) is 6.92 Å². The summed E-state index contributed by atoms with van der Waals surface area (Å²) in [6, 6.07) is 8.47. The van der Waals surface area contributed by atoms with Gasteiger partial charge in [-0.05, 0) is 57.0 Å². The average molecular weight is 346 g/mol. The smallest absolute Gasteiger partial charge is 0.129 e. The number of hydrogen-bond acceptors (Lipinski definition) is 5. The van der Waals surface area contributed by atoms with Crippen molar-refractivity contribution in [3.05, 3.63) is 29.8 Å². The van der Waals surface area contributed by atoms with Gasteiger partial charge in [0.25, 0.3) is 0 Å². The maximum absolute atomic E-state index is 11.4. The summed E-state index contributed by atoms with van der Waals surface area (Å²) in [5, 5.41) is 3.39. The molecule has 1 N–H and O–H groups in total. The van der Waals surface area contributed by atoms with Gasteiger partial charge in [-0.2, -0.15) is 0 Å². The number of ether oxygens (including phenoxy) is 2. The summed E-state index contributed by atoms with van der Waals surface area (Å²) in [7, 11) is 0. The first-order valence-corrected chi connectivity index (χ1v) is 9.43. The van der Waals surface area contributed by atoms with Crippen LogP contribution in [0.25, 0.3) is 0 Å². The molecule has 138 valence electrons. The Morgan fingerprint density at radius 3 is 2.52 bits per heavy atom. The molecule has 5 heteroatoms. The molecular weight excluding hydrogens is 316 g/mol. The second-order valence-electron chi connectivity index (χ2n) is 7.27. The van der Waals surface area contributed by atoms with Gasteiger partial charge in [0.1, 0.15) is 17.1 Å². The van der Waals surface area contributed by atoms with Crippen LogP contribution in [-0.2, 0) is 16.1 Å². The summed E-state index contributed by atoms with van der Waals surface area (Å²) in [5.41, 5.74) is 1.10. The SMILES string of the molecule is CC(=O)CCC1(Oc2ccc(CN3CCOCC3)cc2)CCNCC1. The van der Waals surface area contributed by atoms with Crippen molar-refractivity contribution in [1.29, 1.82) is 0 Å². The third-order valence-corrected chi connectivity index (χ3v) is 5.22. The van der Waals surface area contributed by atoms with Crippen LogP contribution in [0.4, 0.5) is 0 Å². The van der Waals surface area contributed by atoms with Gasteiger partial charge in [0.2, 0.25) is 0 Å². The summed E-state index contributed by atoms with van der Waals surface area (Å²) in [6.07, 6.45) is 3.31. The Morgan fingerprint density at radius 1 is 1.20 bits per heavy atom. The Kier molecular flexibility index (Phi) is 6.45. The van der Waals surface area contributed by atoms with Gasteiger partial charge in [-0.25, -0.2) is 0 Å². The Balaban J connectivity index is 1.60. The van der Waals surface area contributed by atoms with E-state index in [0.29, 0.717) is 6.42 Å². The van der Waals surface area contributed by atoms with Crippen molar-refractivity contribution < 1.29 is 14.3 Å². The van der Waals surface area contributed by atoms with Gasteiger partial charge < -0.3 is 19.6 Å². The first-order valence-electron chi connectivity index (χ1n) is 9.43. The highest BCUT2D eigenvalue weighted by Crippen LogP contribution is 2.31. The van der Waals surface area contributed by atoms with E-state index in [0.717, 1.165) is 70.9 Å². The molecule has 2 heterocycles. The standard InChI is InChI=1S/C20H30N2O3/c1-17(23)6-7-20(8-10-21-11-9-20)25-19-4-2-18(3-5-19)16-22-12-14-24-15-13-22/h2-5,21H,6-16H2,1H3. The van der Waals surface area contributed by atoms with Crippen LogP contribution in [0.2, 0.25) is 0 Å². The molecule has 0 aliphatic carbocycles. The van der Waals surface area contributed by atoms with Crippen molar-refractivity contribution in [2.24, 2.45) is 0 Å². The molecule has 0 bridgehead atoms. The van der Waals surface area contributed by atoms with Gasteiger partial charge in [0.05, 0.1) is 13.2 Å². The number of carbonyl (C=O) groups excluding carboxylic acids is 1. The molecule has 0 aromatic heterocycles. The number of nitrogens with one attached hydrogen (secondary N) is 1. The van der Waals surface area contributed by atoms with Crippen molar-refractivity contribution in [2.45, 2.75) is 44.8 Å². The highest BCUT2D eigenvalue weighted by molar-refractivity contribution is 5.75. The predicted molar refractivity (Wildman–Crippen MR) is 97.9 cm³/mol. The molecule has 1 aromatic rings. The van der Waals surface area contributed by atoms with Crippen molar-refractivity contribution in [3.63, 3.8) is 0 Å². The van der Waals surface area contributed by atoms with Gasteiger partial charge in [-0.3, -0.25) is 4.90 Å². The lowest BCUT2D eigenvalue weighted by Crippen LogP contribution is -2.46. The first-order chi connectivity index (χ1) is 12.2. The second kappa shape index (κ2) is 8.79. The zero-order chi connectivity index (χ0) is 17.5. The molecule has 1 aromatic carbocycles. The molecule has 0 saturated carbocycles. The van der Waals surface area contributed by atoms with Crippen LogP contribution in [-0.4, -0.2) is 55.7 Å². The Hall–Kier alpha value is -1.43. The lowest BCUT2D eigenvalue weighted by atomic mass is 9.86. The minimum absolute atomic E-state index is 0.206. The average Bonchev–Trinajstić information content (AvgIpc) is 2.64. The van der Waals surface area contributed by atoms with Crippen LogP contribution in [0.3, 0.4) is 0 Å². The van der Waals surface area contributed by atoms with Gasteiger partial charge in [-0.1, -0.05) is 12.1 Å². The molecule has 0 atom stereocenters. The van der Waals surface area contributed by atoms with E-state index < -0.39 is 0 Å². The van der Waals surface area contributed by atoms with Crippen LogP contribution in [0, 0.1) is 0 Å². The number of rotatable bonds is 7. The van der Waals surface area contributed by atoms with Crippen LogP contribution in [0.1, 0.15) is 38.2 Å². The fourth-order valence-corrected chi connectivity index (χ4v) is 3.62. The number of carbonyl (C=O) groups is 1. The number of ketones is 1. The van der Waals surface area contributed by atoms with Crippen molar-refractivity contribution in [2.75, 3.05) is 39.4 Å². The normalized spacial score (nSPS) is 21.0. The van der Waals surface area contributed by atoms with Gasteiger partial charge in [0.15, 0.2) is 0 Å². The van der Waals surface area contributed by atoms with Crippen molar-refractivity contribution in [1.82, 2.24) is 10.2 Å². The Labute approximate surface area is 150 Å². The molecule has 2 saturated heterocycles. The van der Waals surface area contributed by atoms with E-state index in [9.17, 15) is 4.79 Å². The molecule has 5 nitrogen and oxygen atoms in total. The summed E-state index contributed by atoms with van der Waals surface area (Å²) >= 11 is 0. The Morgan fingerprint density at radius 2 is 1.88 bits per heavy atom. The highest BCUT2D eigenvalue weighted by atomic mass is 16.5. The van der Waals surface area contributed by atoms with Gasteiger partial charge >= 0.3 is 0 Å². The molecule has 0 unspecified atom stereocenters. The van der Waals surface area contributed by atoms with Gasteiger partial charge in [0, 0.05) is 26.1 Å². The largest absolute Gasteiger partial charge is 0.487 e. The second-order valence-corrected chi connectivity index (χ2v) is 7.27. The number of piperidine rings is 1. The molecule has 2 aliphatic rings. The minimum Gasteiger partial charge on any atom is -0.487 e. The summed E-state index contributed by atoms with van der Waals surface area (Å²) < 4.78 is 11.8. The summed E-state index contributed by atoms with van der Waals surface area (Å²) in [4.78, 5) is 13.8. The lowest BCUT2D eigenvalue weighted by molar-refractivity contribution is -0.118. The molecule has 2 fully saturated rings. The third-order valence-electron chi connectivity index (χ3n) is 5.22. The molecule has 2 aliphatic heterocycles. The molecule has 3 rings (SSSR count). The van der Waals surface area contributed by atoms with Crippen LogP contribution in [0.15, 0.2) is 24.3 Å². The number of Topliss-reactive ketones (excluding diaryl/α,β-unsaturated/α-hetero) is 1. The number of morpholine rings is 1. The van der Waals surface area contributed by atoms with Crippen molar-refractivity contribution >= 4 is 5.78 Å². The molecule has 0 radical (unpaired) electrons. The van der Waals surface area contributed by atoms with E-state index >= 15 is 0 Å². The molecule has 25 heavy (non-hydrogen) atoms. The monoisotopic (exact) mass is 346 g/mol. The maximum Gasteiger partial charge on any atom is 0.129 e. The number of nitrogens with zero attached hydrogens (tertiary/aromatic N) is 1. The van der Waals surface area contributed by atoms with E-state index in [2.05, 4.69) is 34.5 Å². The summed E-state index contributed by atoms with van der Waals surface area (Å²) in [6.45, 7) is 8.18. The fourth-order valence-electron chi connectivity index (χ4n) is 3.62. The third kappa shape index (κ3) is 5.53.